The van der Waals surface area contributed by atoms with Crippen molar-refractivity contribution in [2.45, 2.75) is 200 Å². The van der Waals surface area contributed by atoms with Crippen molar-refractivity contribution in [3.8, 4) is 5.75 Å². The highest BCUT2D eigenvalue weighted by Gasteiger charge is 2.95. The first kappa shape index (κ1) is 73.3. The fraction of sp³-hybridized carbons (Fsp3) is 0.717. The minimum Gasteiger partial charge on any atom is -0.494 e. The molecule has 0 radical (unpaired) electrons. The van der Waals surface area contributed by atoms with Crippen LogP contribution in [0.2, 0.25) is 17.1 Å². The molecular formula is C46H50F26O9Si. The Balaban J connectivity index is 2.46. The third-order valence-electron chi connectivity index (χ3n) is 12.6. The number of halogens is 26. The fourth-order valence-electron chi connectivity index (χ4n) is 7.57. The molecule has 1 aliphatic rings. The summed E-state index contributed by atoms with van der Waals surface area (Å²) in [5.74, 6) is -81.8. The summed E-state index contributed by atoms with van der Waals surface area (Å²) in [6.07, 6.45) is -26.9. The number of carbonyl (C=O) groups is 3. The van der Waals surface area contributed by atoms with E-state index in [1.807, 2.05) is 0 Å². The van der Waals surface area contributed by atoms with Crippen molar-refractivity contribution in [3.63, 3.8) is 0 Å². The molecule has 0 aromatic heterocycles. The Morgan fingerprint density at radius 2 is 0.902 bits per heavy atom. The maximum atomic E-state index is 15.4. The second-order valence-corrected chi connectivity index (χ2v) is 24.2. The standard InChI is InChI=1S/C46H50F26O9Si/c1-23(2)82(24(3)4,20-18-36(49,50)37(51,52)39(55,56)40(57,58)41(59,60)42(61,62)44(65,66)46(70,71)72)81-31-14-16-32(73)78-25(5)21-34(75)80-26(6)30(13-15-33(74)79-27(31)7)77-22-28-9-11-29(12-10-28)76-19-8-17-35(47,48)38(53,54)43(63,64)45(67,68)69/h9-16,23-27,30-31H,8,17-22H2,1-7H3/b15-13+,16-14+/t25-,26-,27-,30-,31+/m0/s1. The van der Waals surface area contributed by atoms with E-state index in [1.54, 1.807) is 0 Å². The first-order valence-electron chi connectivity index (χ1n) is 23.5. The van der Waals surface area contributed by atoms with Crippen molar-refractivity contribution in [1.82, 2.24) is 0 Å². The largest absolute Gasteiger partial charge is 0.494 e. The Morgan fingerprint density at radius 3 is 1.37 bits per heavy atom. The molecular weight excluding hydrogens is 1220 g/mol. The number of esters is 3. The van der Waals surface area contributed by atoms with Gasteiger partial charge in [-0.15, -0.1) is 0 Å². The van der Waals surface area contributed by atoms with E-state index in [2.05, 4.69) is 0 Å². The number of cyclic esters (lactones) is 3. The zero-order valence-electron chi connectivity index (χ0n) is 43.1. The van der Waals surface area contributed by atoms with Crippen molar-refractivity contribution in [3.05, 3.63) is 54.1 Å². The van der Waals surface area contributed by atoms with Gasteiger partial charge in [0.05, 0.1) is 19.6 Å². The van der Waals surface area contributed by atoms with Crippen molar-refractivity contribution in [1.29, 1.82) is 0 Å². The van der Waals surface area contributed by atoms with Gasteiger partial charge in [-0.3, -0.25) is 4.79 Å². The molecule has 82 heavy (non-hydrogen) atoms. The molecule has 1 heterocycles. The van der Waals surface area contributed by atoms with E-state index < -0.39 is 184 Å². The van der Waals surface area contributed by atoms with E-state index in [4.69, 9.17) is 28.1 Å². The van der Waals surface area contributed by atoms with E-state index >= 15 is 17.6 Å². The van der Waals surface area contributed by atoms with Crippen LogP contribution in [0.1, 0.15) is 79.7 Å². The number of alkyl halides is 26. The van der Waals surface area contributed by atoms with Crippen molar-refractivity contribution < 1.29 is 157 Å². The predicted molar refractivity (Wildman–Crippen MR) is 231 cm³/mol. The first-order chi connectivity index (χ1) is 36.6. The molecule has 1 aliphatic heterocycles. The van der Waals surface area contributed by atoms with E-state index in [1.165, 1.54) is 19.1 Å². The SMILES string of the molecule is CC(C)[Si](CCC(F)(F)C(F)(F)C(F)(F)C(F)(F)C(F)(F)C(F)(F)C(F)(F)C(F)(F)F)(O[C@@H]1/C=C/C(=O)O[C@@H](C)CC(=O)O[C@@H](C)[C@@H](OCc2ccc(OCCCC(F)(F)C(F)(F)C(F)(F)C(F)(F)F)cc2)/C=C/C(=O)O[C@H]1C)C(C)C. The number of benzene rings is 1. The second-order valence-electron chi connectivity index (χ2n) is 19.2. The minimum absolute atomic E-state index is 0.188. The van der Waals surface area contributed by atoms with Crippen molar-refractivity contribution in [2.75, 3.05) is 6.61 Å². The average molecular weight is 1270 g/mol. The lowest BCUT2D eigenvalue weighted by atomic mass is 9.88. The smallest absolute Gasteiger partial charge is 0.460 e. The molecule has 0 fully saturated rings. The van der Waals surface area contributed by atoms with Crippen LogP contribution in [0.4, 0.5) is 114 Å². The number of rotatable bonds is 23. The van der Waals surface area contributed by atoms with Gasteiger partial charge in [-0.25, -0.2) is 9.59 Å². The normalized spacial score (nSPS) is 22.0. The Labute approximate surface area is 449 Å². The quantitative estimate of drug-likeness (QED) is 0.0348. The molecule has 1 aromatic rings. The number of hydrogen-bond donors (Lipinski definition) is 0. The maximum absolute atomic E-state index is 15.4. The monoisotopic (exact) mass is 1270 g/mol. The number of ether oxygens (including phenoxy) is 5. The van der Waals surface area contributed by atoms with Gasteiger partial charge >= 0.3 is 89.5 Å². The molecule has 0 amide bonds. The molecule has 474 valence electrons. The maximum Gasteiger partial charge on any atom is 0.460 e. The van der Waals surface area contributed by atoms with E-state index in [0.29, 0.717) is 18.2 Å². The molecule has 0 unspecified atom stereocenters. The van der Waals surface area contributed by atoms with Crippen molar-refractivity contribution >= 4 is 26.2 Å². The van der Waals surface area contributed by atoms with Crippen LogP contribution in [0.25, 0.3) is 0 Å². The van der Waals surface area contributed by atoms with Gasteiger partial charge in [-0.1, -0.05) is 39.8 Å². The molecule has 0 N–H and O–H groups in total. The molecule has 0 aliphatic carbocycles. The van der Waals surface area contributed by atoms with Crippen LogP contribution >= 0.6 is 0 Å². The predicted octanol–water partition coefficient (Wildman–Crippen LogP) is 15.1. The summed E-state index contributed by atoms with van der Waals surface area (Å²) in [5.41, 5.74) is -2.28. The summed E-state index contributed by atoms with van der Waals surface area (Å²) in [6, 6.07) is 3.02. The molecule has 1 aromatic carbocycles. The Morgan fingerprint density at radius 1 is 0.512 bits per heavy atom. The van der Waals surface area contributed by atoms with Gasteiger partial charge in [0.25, 0.3) is 0 Å². The van der Waals surface area contributed by atoms with Crippen LogP contribution < -0.4 is 4.74 Å². The summed E-state index contributed by atoms with van der Waals surface area (Å²) >= 11 is 0. The molecule has 0 spiro atoms. The summed E-state index contributed by atoms with van der Waals surface area (Å²) in [4.78, 5) is 39.0. The van der Waals surface area contributed by atoms with Crippen LogP contribution in [0.5, 0.6) is 5.75 Å². The zero-order chi connectivity index (χ0) is 64.3. The molecule has 9 nitrogen and oxygen atoms in total. The zero-order valence-corrected chi connectivity index (χ0v) is 44.1. The van der Waals surface area contributed by atoms with Gasteiger partial charge in [0.1, 0.15) is 36.3 Å². The van der Waals surface area contributed by atoms with E-state index in [0.717, 1.165) is 59.8 Å². The molecule has 36 heteroatoms. The molecule has 0 bridgehead atoms. The van der Waals surface area contributed by atoms with Gasteiger partial charge in [-0.2, -0.15) is 114 Å². The Bertz CT molecular complexity index is 2360. The number of hydrogen-bond acceptors (Lipinski definition) is 9. The summed E-state index contributed by atoms with van der Waals surface area (Å²) in [5, 5.41) is 0. The molecule has 0 saturated carbocycles. The lowest BCUT2D eigenvalue weighted by Gasteiger charge is -2.45. The summed E-state index contributed by atoms with van der Waals surface area (Å²) < 4.78 is 391. The second kappa shape index (κ2) is 25.4. The van der Waals surface area contributed by atoms with E-state index in [-0.39, 0.29) is 11.3 Å². The summed E-state index contributed by atoms with van der Waals surface area (Å²) in [6.45, 7) is 6.48. The van der Waals surface area contributed by atoms with Crippen LogP contribution in [0.3, 0.4) is 0 Å². The molecule has 0 saturated heterocycles. The van der Waals surface area contributed by atoms with Gasteiger partial charge in [-0.05, 0) is 74.2 Å². The van der Waals surface area contributed by atoms with Gasteiger partial charge in [0.2, 0.25) is 0 Å². The van der Waals surface area contributed by atoms with Crippen LogP contribution in [-0.2, 0) is 44.4 Å². The third-order valence-corrected chi connectivity index (χ3v) is 18.2. The molecule has 2 rings (SSSR count). The average Bonchev–Trinajstić information content (AvgIpc) is 3.33. The first-order valence-corrected chi connectivity index (χ1v) is 25.8. The third kappa shape index (κ3) is 15.0. The fourth-order valence-corrected chi connectivity index (χ4v) is 12.2. The summed E-state index contributed by atoms with van der Waals surface area (Å²) in [7, 11) is -4.62. The highest BCUT2D eigenvalue weighted by Crippen LogP contribution is 2.65. The highest BCUT2D eigenvalue weighted by atomic mass is 28.4. The van der Waals surface area contributed by atoms with E-state index in [9.17, 15) is 111 Å². The Kier molecular flexibility index (Phi) is 22.7. The van der Waals surface area contributed by atoms with Gasteiger partial charge in [0.15, 0.2) is 8.32 Å². The lowest BCUT2D eigenvalue weighted by molar-refractivity contribution is -0.461. The van der Waals surface area contributed by atoms with Gasteiger partial charge in [0, 0.05) is 25.0 Å². The lowest BCUT2D eigenvalue weighted by Crippen LogP contribution is -2.74. The highest BCUT2D eigenvalue weighted by molar-refractivity contribution is 6.76. The molecule has 5 atom stereocenters. The minimum atomic E-state index is -8.84. The van der Waals surface area contributed by atoms with Crippen LogP contribution in [0, 0.1) is 0 Å². The van der Waals surface area contributed by atoms with Gasteiger partial charge < -0.3 is 28.1 Å². The van der Waals surface area contributed by atoms with Crippen LogP contribution in [0.15, 0.2) is 48.6 Å². The number of carbonyl (C=O) groups excluding carboxylic acids is 3. The van der Waals surface area contributed by atoms with Crippen LogP contribution in [-0.4, -0.2) is 135 Å². The topological polar surface area (TPSA) is 107 Å². The Hall–Kier alpha value is -4.77. The van der Waals surface area contributed by atoms with Crippen molar-refractivity contribution in [2.24, 2.45) is 0 Å².